The third-order valence-corrected chi connectivity index (χ3v) is 3.37. The number of nitrogens with one attached hydrogen (secondary N) is 2. The standard InChI is InChI=1S/C11H19N3O3/c1-17-11(16)13-8-4-6-14(7-8)10(15)9-3-2-5-12-9/h8-9,12H,2-7H2,1H3,(H,13,16). The molecule has 2 rings (SSSR count). The number of hydrogen-bond donors (Lipinski definition) is 2. The first-order valence-electron chi connectivity index (χ1n) is 6.07. The molecule has 17 heavy (non-hydrogen) atoms. The molecular weight excluding hydrogens is 222 g/mol. The van der Waals surface area contributed by atoms with Crippen LogP contribution in [0.15, 0.2) is 0 Å². The van der Waals surface area contributed by atoms with E-state index in [0.717, 1.165) is 25.8 Å². The zero-order chi connectivity index (χ0) is 12.3. The molecule has 0 bridgehead atoms. The summed E-state index contributed by atoms with van der Waals surface area (Å²) >= 11 is 0. The molecule has 0 saturated carbocycles. The van der Waals surface area contributed by atoms with Gasteiger partial charge in [-0.05, 0) is 25.8 Å². The smallest absolute Gasteiger partial charge is 0.407 e. The largest absolute Gasteiger partial charge is 0.453 e. The number of carbonyl (C=O) groups is 2. The van der Waals surface area contributed by atoms with E-state index in [1.165, 1.54) is 7.11 Å². The number of rotatable bonds is 2. The fourth-order valence-electron chi connectivity index (χ4n) is 2.42. The molecule has 0 aromatic heterocycles. The third-order valence-electron chi connectivity index (χ3n) is 3.37. The molecule has 2 atom stereocenters. The van der Waals surface area contributed by atoms with Crippen molar-refractivity contribution in [2.24, 2.45) is 0 Å². The van der Waals surface area contributed by atoms with E-state index in [4.69, 9.17) is 0 Å². The number of ether oxygens (including phenoxy) is 1. The maximum Gasteiger partial charge on any atom is 0.407 e. The van der Waals surface area contributed by atoms with Gasteiger partial charge < -0.3 is 20.3 Å². The number of amides is 2. The molecule has 0 aliphatic carbocycles. The summed E-state index contributed by atoms with van der Waals surface area (Å²) in [6, 6.07) is -0.000297. The first-order valence-corrected chi connectivity index (χ1v) is 6.07. The molecule has 0 radical (unpaired) electrons. The fraction of sp³-hybridized carbons (Fsp3) is 0.818. The van der Waals surface area contributed by atoms with Crippen molar-refractivity contribution in [3.63, 3.8) is 0 Å². The van der Waals surface area contributed by atoms with Crippen LogP contribution in [-0.2, 0) is 9.53 Å². The maximum absolute atomic E-state index is 12.1. The van der Waals surface area contributed by atoms with E-state index >= 15 is 0 Å². The average molecular weight is 241 g/mol. The van der Waals surface area contributed by atoms with Gasteiger partial charge in [0, 0.05) is 13.1 Å². The van der Waals surface area contributed by atoms with Crippen LogP contribution in [0.5, 0.6) is 0 Å². The van der Waals surface area contributed by atoms with Crippen molar-refractivity contribution in [2.75, 3.05) is 26.7 Å². The van der Waals surface area contributed by atoms with Crippen LogP contribution in [0.25, 0.3) is 0 Å². The highest BCUT2D eigenvalue weighted by Gasteiger charge is 2.32. The minimum atomic E-state index is -0.428. The second-order valence-electron chi connectivity index (χ2n) is 4.55. The molecule has 2 aliphatic rings. The lowest BCUT2D eigenvalue weighted by atomic mass is 10.2. The van der Waals surface area contributed by atoms with Gasteiger partial charge in [-0.3, -0.25) is 4.79 Å². The zero-order valence-corrected chi connectivity index (χ0v) is 10.1. The summed E-state index contributed by atoms with van der Waals surface area (Å²) in [6.45, 7) is 2.23. The van der Waals surface area contributed by atoms with Gasteiger partial charge in [-0.15, -0.1) is 0 Å². The van der Waals surface area contributed by atoms with E-state index < -0.39 is 6.09 Å². The Kier molecular flexibility index (Phi) is 3.83. The first-order chi connectivity index (χ1) is 8.20. The number of alkyl carbamates (subject to hydrolysis) is 1. The Balaban J connectivity index is 1.80. The van der Waals surface area contributed by atoms with E-state index in [0.29, 0.717) is 13.1 Å². The Morgan fingerprint density at radius 2 is 2.24 bits per heavy atom. The van der Waals surface area contributed by atoms with Crippen LogP contribution in [-0.4, -0.2) is 55.7 Å². The highest BCUT2D eigenvalue weighted by atomic mass is 16.5. The quantitative estimate of drug-likeness (QED) is 0.696. The van der Waals surface area contributed by atoms with Gasteiger partial charge in [0.2, 0.25) is 5.91 Å². The monoisotopic (exact) mass is 241 g/mol. The number of carbonyl (C=O) groups excluding carboxylic acids is 2. The van der Waals surface area contributed by atoms with Crippen molar-refractivity contribution in [1.82, 2.24) is 15.5 Å². The van der Waals surface area contributed by atoms with Gasteiger partial charge in [-0.1, -0.05) is 0 Å². The third kappa shape index (κ3) is 2.88. The summed E-state index contributed by atoms with van der Waals surface area (Å²) < 4.78 is 4.54. The van der Waals surface area contributed by atoms with Crippen LogP contribution in [0.4, 0.5) is 4.79 Å². The van der Waals surface area contributed by atoms with E-state index in [1.54, 1.807) is 0 Å². The van der Waals surface area contributed by atoms with Gasteiger partial charge in [0.25, 0.3) is 0 Å². The predicted molar refractivity (Wildman–Crippen MR) is 61.6 cm³/mol. The summed E-state index contributed by atoms with van der Waals surface area (Å²) in [5, 5.41) is 5.93. The van der Waals surface area contributed by atoms with Crippen LogP contribution in [0.2, 0.25) is 0 Å². The lowest BCUT2D eigenvalue weighted by Gasteiger charge is -2.20. The minimum absolute atomic E-state index is 0.0211. The summed E-state index contributed by atoms with van der Waals surface area (Å²) in [5.41, 5.74) is 0. The molecule has 2 heterocycles. The van der Waals surface area contributed by atoms with E-state index in [9.17, 15) is 9.59 Å². The molecule has 6 heteroatoms. The Labute approximate surface area is 101 Å². The normalized spacial score (nSPS) is 28.2. The maximum atomic E-state index is 12.1. The topological polar surface area (TPSA) is 70.7 Å². The lowest BCUT2D eigenvalue weighted by molar-refractivity contribution is -0.132. The zero-order valence-electron chi connectivity index (χ0n) is 10.1. The van der Waals surface area contributed by atoms with Crippen molar-refractivity contribution >= 4 is 12.0 Å². The molecule has 0 aromatic carbocycles. The number of likely N-dealkylation sites (tertiary alicyclic amines) is 1. The van der Waals surface area contributed by atoms with E-state index in [1.807, 2.05) is 4.90 Å². The molecule has 2 aliphatic heterocycles. The lowest BCUT2D eigenvalue weighted by Crippen LogP contribution is -2.44. The SMILES string of the molecule is COC(=O)NC1CCN(C(=O)C2CCCN2)C1. The summed E-state index contributed by atoms with van der Waals surface area (Å²) in [7, 11) is 1.34. The summed E-state index contributed by atoms with van der Waals surface area (Å²) in [6.07, 6.45) is 2.36. The molecule has 2 fully saturated rings. The highest BCUT2D eigenvalue weighted by molar-refractivity contribution is 5.82. The highest BCUT2D eigenvalue weighted by Crippen LogP contribution is 2.14. The first kappa shape index (κ1) is 12.2. The van der Waals surface area contributed by atoms with Crippen molar-refractivity contribution in [3.05, 3.63) is 0 Å². The van der Waals surface area contributed by atoms with E-state index in [-0.39, 0.29) is 18.0 Å². The van der Waals surface area contributed by atoms with Crippen LogP contribution < -0.4 is 10.6 Å². The van der Waals surface area contributed by atoms with Crippen LogP contribution in [0.3, 0.4) is 0 Å². The molecule has 0 aromatic rings. The van der Waals surface area contributed by atoms with Gasteiger partial charge in [0.05, 0.1) is 19.2 Å². The van der Waals surface area contributed by atoms with Crippen LogP contribution >= 0.6 is 0 Å². The molecule has 6 nitrogen and oxygen atoms in total. The van der Waals surface area contributed by atoms with Crippen molar-refractivity contribution < 1.29 is 14.3 Å². The molecule has 2 unspecified atom stereocenters. The Hall–Kier alpha value is -1.30. The van der Waals surface area contributed by atoms with Crippen LogP contribution in [0, 0.1) is 0 Å². The molecular formula is C11H19N3O3. The van der Waals surface area contributed by atoms with Gasteiger partial charge >= 0.3 is 6.09 Å². The predicted octanol–water partition coefficient (Wildman–Crippen LogP) is -0.305. The Morgan fingerprint density at radius 3 is 2.88 bits per heavy atom. The summed E-state index contributed by atoms with van der Waals surface area (Å²) in [4.78, 5) is 24.9. The van der Waals surface area contributed by atoms with Gasteiger partial charge in [0.1, 0.15) is 0 Å². The summed E-state index contributed by atoms with van der Waals surface area (Å²) in [5.74, 6) is 0.164. The molecule has 96 valence electrons. The molecule has 2 amide bonds. The number of hydrogen-bond acceptors (Lipinski definition) is 4. The minimum Gasteiger partial charge on any atom is -0.453 e. The average Bonchev–Trinajstić information content (AvgIpc) is 2.98. The molecule has 2 N–H and O–H groups in total. The van der Waals surface area contributed by atoms with E-state index in [2.05, 4.69) is 15.4 Å². The van der Waals surface area contributed by atoms with Gasteiger partial charge in [-0.2, -0.15) is 0 Å². The molecule has 2 saturated heterocycles. The van der Waals surface area contributed by atoms with Gasteiger partial charge in [-0.25, -0.2) is 4.79 Å². The van der Waals surface area contributed by atoms with Crippen molar-refractivity contribution in [3.8, 4) is 0 Å². The van der Waals surface area contributed by atoms with Crippen LogP contribution in [0.1, 0.15) is 19.3 Å². The van der Waals surface area contributed by atoms with Crippen molar-refractivity contribution in [2.45, 2.75) is 31.3 Å². The fourth-order valence-corrected chi connectivity index (χ4v) is 2.42. The Bertz CT molecular complexity index is 302. The number of nitrogens with zero attached hydrogens (tertiary/aromatic N) is 1. The Morgan fingerprint density at radius 1 is 1.41 bits per heavy atom. The van der Waals surface area contributed by atoms with Gasteiger partial charge in [0.15, 0.2) is 0 Å². The molecule has 0 spiro atoms. The number of methoxy groups -OCH3 is 1. The second kappa shape index (κ2) is 5.35. The van der Waals surface area contributed by atoms with Crippen molar-refractivity contribution in [1.29, 1.82) is 0 Å². The second-order valence-corrected chi connectivity index (χ2v) is 4.55.